The number of Topliss-reactive ketones (excluding diaryl/α,β-unsaturated/α-hetero) is 1. The number of rotatable bonds is 3. The molecule has 0 aromatic heterocycles. The number of ketones is 1. The van der Waals surface area contributed by atoms with E-state index in [0.29, 0.717) is 6.61 Å². The van der Waals surface area contributed by atoms with E-state index in [0.717, 1.165) is 12.8 Å². The summed E-state index contributed by atoms with van der Waals surface area (Å²) in [6.07, 6.45) is 1.62. The van der Waals surface area contributed by atoms with Crippen LogP contribution >= 0.6 is 0 Å². The largest absolute Gasteiger partial charge is 0.358 e. The molecule has 1 heterocycles. The fourth-order valence-electron chi connectivity index (χ4n) is 1.09. The van der Waals surface area contributed by atoms with Crippen LogP contribution in [0.5, 0.6) is 0 Å². The van der Waals surface area contributed by atoms with E-state index in [9.17, 15) is 9.59 Å². The van der Waals surface area contributed by atoms with Gasteiger partial charge in [-0.3, -0.25) is 4.79 Å². The van der Waals surface area contributed by atoms with Gasteiger partial charge in [0.25, 0.3) is 0 Å². The van der Waals surface area contributed by atoms with Crippen LogP contribution in [0.4, 0.5) is 4.79 Å². The first kappa shape index (κ1) is 9.98. The second-order valence-corrected chi connectivity index (χ2v) is 3.03. The maximum atomic E-state index is 11.0. The van der Waals surface area contributed by atoms with E-state index in [2.05, 4.69) is 10.6 Å². The van der Waals surface area contributed by atoms with Crippen LogP contribution in [-0.2, 0) is 9.53 Å². The van der Waals surface area contributed by atoms with Crippen molar-refractivity contribution >= 4 is 11.8 Å². The topological polar surface area (TPSA) is 67.4 Å². The molecule has 74 valence electrons. The zero-order valence-electron chi connectivity index (χ0n) is 7.63. The zero-order valence-corrected chi connectivity index (χ0v) is 7.63. The van der Waals surface area contributed by atoms with Crippen molar-refractivity contribution in [2.45, 2.75) is 26.0 Å². The molecule has 2 N–H and O–H groups in total. The number of urea groups is 1. The summed E-state index contributed by atoms with van der Waals surface area (Å²) in [4.78, 5) is 21.6. The molecule has 0 aromatic rings. The van der Waals surface area contributed by atoms with Gasteiger partial charge < -0.3 is 15.4 Å². The summed E-state index contributed by atoms with van der Waals surface area (Å²) in [5, 5.41) is 5.04. The first-order valence-corrected chi connectivity index (χ1v) is 4.34. The first-order valence-electron chi connectivity index (χ1n) is 4.34. The standard InChI is InChI=1S/C8H14N2O3/c1-6(11)5-9-8(12)10-7-3-2-4-13-7/h7H,2-5H2,1H3,(H2,9,10,12). The Hall–Kier alpha value is -1.10. The summed E-state index contributed by atoms with van der Waals surface area (Å²) in [6.45, 7) is 2.18. The van der Waals surface area contributed by atoms with Gasteiger partial charge >= 0.3 is 6.03 Å². The molecule has 5 heteroatoms. The highest BCUT2D eigenvalue weighted by Gasteiger charge is 2.17. The van der Waals surface area contributed by atoms with Crippen LogP contribution in [0.1, 0.15) is 19.8 Å². The third-order valence-corrected chi connectivity index (χ3v) is 1.72. The molecule has 5 nitrogen and oxygen atoms in total. The molecule has 1 saturated heterocycles. The van der Waals surface area contributed by atoms with Crippen molar-refractivity contribution in [3.8, 4) is 0 Å². The third kappa shape index (κ3) is 3.89. The number of amides is 2. The Morgan fingerprint density at radius 1 is 1.54 bits per heavy atom. The minimum absolute atomic E-state index is 0.0671. The lowest BCUT2D eigenvalue weighted by atomic mass is 10.3. The summed E-state index contributed by atoms with van der Waals surface area (Å²) in [6, 6.07) is -0.345. The maximum Gasteiger partial charge on any atom is 0.317 e. The van der Waals surface area contributed by atoms with Gasteiger partial charge in [-0.1, -0.05) is 0 Å². The molecule has 0 spiro atoms. The fourth-order valence-corrected chi connectivity index (χ4v) is 1.09. The van der Waals surface area contributed by atoms with Gasteiger partial charge in [-0.2, -0.15) is 0 Å². The van der Waals surface area contributed by atoms with E-state index in [1.54, 1.807) is 0 Å². The van der Waals surface area contributed by atoms with Crippen molar-refractivity contribution in [1.29, 1.82) is 0 Å². The van der Waals surface area contributed by atoms with Crippen LogP contribution in [0, 0.1) is 0 Å². The fraction of sp³-hybridized carbons (Fsp3) is 0.750. The van der Waals surface area contributed by atoms with Gasteiger partial charge in [0.05, 0.1) is 6.54 Å². The average molecular weight is 186 g/mol. The van der Waals surface area contributed by atoms with E-state index in [-0.39, 0.29) is 24.6 Å². The summed E-state index contributed by atoms with van der Waals surface area (Å²) in [5.41, 5.74) is 0. The zero-order chi connectivity index (χ0) is 9.68. The van der Waals surface area contributed by atoms with Crippen LogP contribution in [0.25, 0.3) is 0 Å². The summed E-state index contributed by atoms with van der Waals surface area (Å²) in [7, 11) is 0. The van der Waals surface area contributed by atoms with Gasteiger partial charge in [0.2, 0.25) is 0 Å². The molecule has 1 aliphatic rings. The number of carbonyl (C=O) groups excluding carboxylic acids is 2. The maximum absolute atomic E-state index is 11.0. The molecule has 0 aliphatic carbocycles. The Bertz CT molecular complexity index is 200. The number of nitrogens with one attached hydrogen (secondary N) is 2. The van der Waals surface area contributed by atoms with Gasteiger partial charge in [-0.05, 0) is 19.8 Å². The molecule has 1 fully saturated rings. The predicted octanol–water partition coefficient (Wildman–Crippen LogP) is 0.0111. The summed E-state index contributed by atoms with van der Waals surface area (Å²) < 4.78 is 5.17. The van der Waals surface area contributed by atoms with Gasteiger partial charge in [-0.25, -0.2) is 4.79 Å². The van der Waals surface area contributed by atoms with Gasteiger partial charge in [0.15, 0.2) is 0 Å². The molecule has 1 rings (SSSR count). The molecule has 1 aliphatic heterocycles. The molecular formula is C8H14N2O3. The van der Waals surface area contributed by atoms with Crippen LogP contribution in [0.2, 0.25) is 0 Å². The van der Waals surface area contributed by atoms with Crippen molar-refractivity contribution in [2.75, 3.05) is 13.2 Å². The smallest absolute Gasteiger partial charge is 0.317 e. The third-order valence-electron chi connectivity index (χ3n) is 1.72. The Balaban J connectivity index is 2.13. The van der Waals surface area contributed by atoms with Crippen LogP contribution < -0.4 is 10.6 Å². The van der Waals surface area contributed by atoms with Crippen LogP contribution in [0.3, 0.4) is 0 Å². The Morgan fingerprint density at radius 3 is 2.85 bits per heavy atom. The molecule has 0 saturated carbocycles. The van der Waals surface area contributed by atoms with Crippen LogP contribution in [-0.4, -0.2) is 31.2 Å². The minimum atomic E-state index is -0.345. The van der Waals surface area contributed by atoms with E-state index >= 15 is 0 Å². The van der Waals surface area contributed by atoms with Crippen molar-refractivity contribution in [3.63, 3.8) is 0 Å². The summed E-state index contributed by atoms with van der Waals surface area (Å²) in [5.74, 6) is -0.0671. The molecule has 0 radical (unpaired) electrons. The summed E-state index contributed by atoms with van der Waals surface area (Å²) >= 11 is 0. The molecule has 13 heavy (non-hydrogen) atoms. The van der Waals surface area contributed by atoms with Crippen molar-refractivity contribution in [1.82, 2.24) is 10.6 Å². The lowest BCUT2D eigenvalue weighted by molar-refractivity contribution is -0.116. The van der Waals surface area contributed by atoms with E-state index in [4.69, 9.17) is 4.74 Å². The van der Waals surface area contributed by atoms with E-state index in [1.807, 2.05) is 0 Å². The Kier molecular flexibility index (Phi) is 3.70. The predicted molar refractivity (Wildman–Crippen MR) is 46.2 cm³/mol. The van der Waals surface area contributed by atoms with Gasteiger partial charge in [0.1, 0.15) is 12.0 Å². The lowest BCUT2D eigenvalue weighted by Crippen LogP contribution is -2.43. The molecular weight excluding hydrogens is 172 g/mol. The number of hydrogen-bond acceptors (Lipinski definition) is 3. The molecule has 1 atom stereocenters. The van der Waals surface area contributed by atoms with E-state index in [1.165, 1.54) is 6.92 Å². The first-order chi connectivity index (χ1) is 6.18. The highest BCUT2D eigenvalue weighted by atomic mass is 16.5. The van der Waals surface area contributed by atoms with Gasteiger partial charge in [0, 0.05) is 6.61 Å². The second kappa shape index (κ2) is 4.81. The van der Waals surface area contributed by atoms with Crippen molar-refractivity contribution < 1.29 is 14.3 Å². The molecule has 0 bridgehead atoms. The van der Waals surface area contributed by atoms with Gasteiger partial charge in [-0.15, -0.1) is 0 Å². The molecule has 1 unspecified atom stereocenters. The Morgan fingerprint density at radius 2 is 2.31 bits per heavy atom. The number of ether oxygens (including phenoxy) is 1. The average Bonchev–Trinajstić information content (AvgIpc) is 2.53. The highest BCUT2D eigenvalue weighted by Crippen LogP contribution is 2.08. The van der Waals surface area contributed by atoms with Crippen molar-refractivity contribution in [2.24, 2.45) is 0 Å². The quantitative estimate of drug-likeness (QED) is 0.652. The molecule has 0 aromatic carbocycles. The number of carbonyl (C=O) groups is 2. The minimum Gasteiger partial charge on any atom is -0.358 e. The molecule has 2 amide bonds. The van der Waals surface area contributed by atoms with Crippen LogP contribution in [0.15, 0.2) is 0 Å². The normalized spacial score (nSPS) is 21.2. The van der Waals surface area contributed by atoms with E-state index < -0.39 is 0 Å². The SMILES string of the molecule is CC(=O)CNC(=O)NC1CCCO1. The monoisotopic (exact) mass is 186 g/mol. The van der Waals surface area contributed by atoms with Crippen molar-refractivity contribution in [3.05, 3.63) is 0 Å². The highest BCUT2D eigenvalue weighted by molar-refractivity contribution is 5.83. The number of hydrogen-bond donors (Lipinski definition) is 2. The lowest BCUT2D eigenvalue weighted by Gasteiger charge is -2.11. The second-order valence-electron chi connectivity index (χ2n) is 3.03. The Labute approximate surface area is 76.8 Å².